The Morgan fingerprint density at radius 2 is 2.05 bits per heavy atom. The molecule has 0 fully saturated rings. The maximum atomic E-state index is 13.6. The zero-order chi connectivity index (χ0) is 15.4. The average Bonchev–Trinajstić information content (AvgIpc) is 2.46. The van der Waals surface area contributed by atoms with Crippen molar-refractivity contribution in [1.82, 2.24) is 0 Å². The molecule has 0 aromatic heterocycles. The van der Waals surface area contributed by atoms with Gasteiger partial charge < -0.3 is 9.84 Å². The number of ether oxygens (including phenoxy) is 1. The summed E-state index contributed by atoms with van der Waals surface area (Å²) >= 11 is 5.64. The minimum atomic E-state index is -0.618. The van der Waals surface area contributed by atoms with Crippen molar-refractivity contribution in [2.45, 2.75) is 13.2 Å². The monoisotopic (exact) mass is 311 g/mol. The van der Waals surface area contributed by atoms with Gasteiger partial charge in [0.2, 0.25) is 0 Å². The van der Waals surface area contributed by atoms with Crippen LogP contribution >= 0.6 is 11.6 Å². The lowest BCUT2D eigenvalue weighted by molar-refractivity contribution is -0.386. The largest absolute Gasteiger partial charge is 0.482 e. The number of nitro benzene ring substituents is 1. The first-order chi connectivity index (χ1) is 10.0. The third-order valence-electron chi connectivity index (χ3n) is 2.80. The van der Waals surface area contributed by atoms with Crippen LogP contribution in [0.15, 0.2) is 36.4 Å². The van der Waals surface area contributed by atoms with E-state index in [4.69, 9.17) is 21.4 Å². The van der Waals surface area contributed by atoms with Crippen LogP contribution in [0.3, 0.4) is 0 Å². The molecule has 2 aromatic rings. The molecule has 1 N–H and O–H groups in total. The van der Waals surface area contributed by atoms with Crippen LogP contribution in [0.1, 0.15) is 11.1 Å². The van der Waals surface area contributed by atoms with Crippen molar-refractivity contribution in [1.29, 1.82) is 0 Å². The van der Waals surface area contributed by atoms with Crippen LogP contribution in [0.5, 0.6) is 5.75 Å². The Hall–Kier alpha value is -2.18. The quantitative estimate of drug-likeness (QED) is 0.678. The van der Waals surface area contributed by atoms with Crippen molar-refractivity contribution in [2.24, 2.45) is 0 Å². The van der Waals surface area contributed by atoms with E-state index in [1.807, 2.05) is 0 Å². The smallest absolute Gasteiger partial charge is 0.311 e. The van der Waals surface area contributed by atoms with Gasteiger partial charge in [-0.15, -0.1) is 0 Å². The number of hydrogen-bond acceptors (Lipinski definition) is 4. The third kappa shape index (κ3) is 3.68. The zero-order valence-electron chi connectivity index (χ0n) is 10.8. The Morgan fingerprint density at radius 1 is 1.29 bits per heavy atom. The molecule has 0 aliphatic heterocycles. The fraction of sp³-hybridized carbons (Fsp3) is 0.143. The number of aliphatic hydroxyl groups excluding tert-OH is 1. The number of nitro groups is 1. The lowest BCUT2D eigenvalue weighted by Gasteiger charge is -2.08. The molecule has 110 valence electrons. The molecular formula is C14H11ClFNO4. The van der Waals surface area contributed by atoms with Gasteiger partial charge in [0.15, 0.2) is 5.75 Å². The lowest BCUT2D eigenvalue weighted by atomic mass is 10.2. The van der Waals surface area contributed by atoms with Crippen molar-refractivity contribution in [2.75, 3.05) is 0 Å². The minimum absolute atomic E-state index is 0.00606. The number of hydrogen-bond donors (Lipinski definition) is 1. The van der Waals surface area contributed by atoms with Gasteiger partial charge in [-0.25, -0.2) is 4.39 Å². The standard InChI is InChI=1S/C14H11ClFNO4/c15-11-3-2-10(12(16)6-11)8-21-14-4-1-9(7-18)5-13(14)17(19)20/h1-6,18H,7-8H2. The van der Waals surface area contributed by atoms with Gasteiger partial charge in [0.05, 0.1) is 11.5 Å². The summed E-state index contributed by atoms with van der Waals surface area (Å²) in [7, 11) is 0. The molecule has 2 aromatic carbocycles. The molecule has 7 heteroatoms. The van der Waals surface area contributed by atoms with Gasteiger partial charge in [0.1, 0.15) is 12.4 Å². The highest BCUT2D eigenvalue weighted by molar-refractivity contribution is 6.30. The van der Waals surface area contributed by atoms with Gasteiger partial charge in [-0.1, -0.05) is 23.7 Å². The zero-order valence-corrected chi connectivity index (χ0v) is 11.5. The van der Waals surface area contributed by atoms with Crippen molar-refractivity contribution in [3.05, 3.63) is 68.5 Å². The second kappa shape index (κ2) is 6.51. The fourth-order valence-electron chi connectivity index (χ4n) is 1.72. The van der Waals surface area contributed by atoms with Crippen LogP contribution in [0.2, 0.25) is 5.02 Å². The molecular weight excluding hydrogens is 301 g/mol. The lowest BCUT2D eigenvalue weighted by Crippen LogP contribution is -2.01. The highest BCUT2D eigenvalue weighted by atomic mass is 35.5. The van der Waals surface area contributed by atoms with E-state index in [1.165, 1.54) is 30.3 Å². The Balaban J connectivity index is 2.21. The topological polar surface area (TPSA) is 72.6 Å². The number of halogens is 2. The van der Waals surface area contributed by atoms with Crippen LogP contribution in [-0.4, -0.2) is 10.0 Å². The highest BCUT2D eigenvalue weighted by Crippen LogP contribution is 2.29. The normalized spacial score (nSPS) is 10.4. The van der Waals surface area contributed by atoms with Crippen molar-refractivity contribution in [3.8, 4) is 5.75 Å². The molecule has 0 spiro atoms. The van der Waals surface area contributed by atoms with Crippen molar-refractivity contribution in [3.63, 3.8) is 0 Å². The fourth-order valence-corrected chi connectivity index (χ4v) is 1.88. The average molecular weight is 312 g/mol. The molecule has 2 rings (SSSR count). The highest BCUT2D eigenvalue weighted by Gasteiger charge is 2.16. The molecule has 0 amide bonds. The van der Waals surface area contributed by atoms with E-state index in [2.05, 4.69) is 0 Å². The van der Waals surface area contributed by atoms with Crippen LogP contribution in [-0.2, 0) is 13.2 Å². The van der Waals surface area contributed by atoms with E-state index in [0.29, 0.717) is 5.56 Å². The number of nitrogens with zero attached hydrogens (tertiary/aromatic N) is 1. The Bertz CT molecular complexity index is 678. The number of aliphatic hydroxyl groups is 1. The molecule has 0 saturated heterocycles. The predicted molar refractivity (Wildman–Crippen MR) is 74.8 cm³/mol. The second-order valence-corrected chi connectivity index (χ2v) is 4.68. The second-order valence-electron chi connectivity index (χ2n) is 4.24. The summed E-state index contributed by atoms with van der Waals surface area (Å²) in [5.74, 6) is -0.538. The molecule has 0 heterocycles. The van der Waals surface area contributed by atoms with Crippen LogP contribution < -0.4 is 4.74 Å². The third-order valence-corrected chi connectivity index (χ3v) is 3.04. The molecule has 0 bridgehead atoms. The SMILES string of the molecule is O=[N+]([O-])c1cc(CO)ccc1OCc1ccc(Cl)cc1F. The van der Waals surface area contributed by atoms with Crippen LogP contribution in [0.25, 0.3) is 0 Å². The molecule has 0 aliphatic carbocycles. The van der Waals surface area contributed by atoms with Crippen molar-refractivity contribution < 1.29 is 19.2 Å². The molecule has 0 unspecified atom stereocenters. The van der Waals surface area contributed by atoms with E-state index in [-0.39, 0.29) is 35.2 Å². The predicted octanol–water partition coefficient (Wildman–Crippen LogP) is 3.46. The first kappa shape index (κ1) is 15.2. The minimum Gasteiger partial charge on any atom is -0.482 e. The van der Waals surface area contributed by atoms with Gasteiger partial charge in [-0.2, -0.15) is 0 Å². The summed E-state index contributed by atoms with van der Waals surface area (Å²) in [6.07, 6.45) is 0. The maximum absolute atomic E-state index is 13.6. The molecule has 21 heavy (non-hydrogen) atoms. The summed E-state index contributed by atoms with van der Waals surface area (Å²) in [6.45, 7) is -0.477. The number of rotatable bonds is 5. The number of benzene rings is 2. The summed E-state index contributed by atoms with van der Waals surface area (Å²) in [5.41, 5.74) is 0.350. The van der Waals surface area contributed by atoms with E-state index in [9.17, 15) is 14.5 Å². The summed E-state index contributed by atoms with van der Waals surface area (Å²) in [4.78, 5) is 10.3. The van der Waals surface area contributed by atoms with E-state index in [0.717, 1.165) is 6.07 Å². The van der Waals surface area contributed by atoms with Crippen LogP contribution in [0.4, 0.5) is 10.1 Å². The molecule has 5 nitrogen and oxygen atoms in total. The Kier molecular flexibility index (Phi) is 4.72. The Labute approximate surface area is 124 Å². The first-order valence-corrected chi connectivity index (χ1v) is 6.34. The molecule has 0 aliphatic rings. The van der Waals surface area contributed by atoms with Gasteiger partial charge in [0, 0.05) is 16.7 Å². The van der Waals surface area contributed by atoms with Crippen LogP contribution in [0, 0.1) is 15.9 Å². The van der Waals surface area contributed by atoms with Gasteiger partial charge in [-0.05, 0) is 23.8 Å². The molecule has 0 radical (unpaired) electrons. The van der Waals surface area contributed by atoms with E-state index in [1.54, 1.807) is 0 Å². The van der Waals surface area contributed by atoms with Gasteiger partial charge >= 0.3 is 5.69 Å². The first-order valence-electron chi connectivity index (χ1n) is 5.96. The van der Waals surface area contributed by atoms with Gasteiger partial charge in [-0.3, -0.25) is 10.1 Å². The summed E-state index contributed by atoms with van der Waals surface area (Å²) in [6, 6.07) is 8.19. The summed E-state index contributed by atoms with van der Waals surface area (Å²) < 4.78 is 18.9. The maximum Gasteiger partial charge on any atom is 0.311 e. The van der Waals surface area contributed by atoms with Gasteiger partial charge in [0.25, 0.3) is 0 Å². The van der Waals surface area contributed by atoms with E-state index < -0.39 is 10.7 Å². The summed E-state index contributed by atoms with van der Waals surface area (Å²) in [5, 5.41) is 20.2. The van der Waals surface area contributed by atoms with E-state index >= 15 is 0 Å². The molecule has 0 atom stereocenters. The Morgan fingerprint density at radius 3 is 2.67 bits per heavy atom. The van der Waals surface area contributed by atoms with Crippen molar-refractivity contribution >= 4 is 17.3 Å². The molecule has 0 saturated carbocycles.